The van der Waals surface area contributed by atoms with E-state index in [2.05, 4.69) is 0 Å². The summed E-state index contributed by atoms with van der Waals surface area (Å²) < 4.78 is 0. The molecule has 0 saturated carbocycles. The Morgan fingerprint density at radius 1 is 0.375 bits per heavy atom. The molecule has 67 valence electrons. The van der Waals surface area contributed by atoms with Crippen molar-refractivity contribution in [3.63, 3.8) is 0 Å². The summed E-state index contributed by atoms with van der Waals surface area (Å²) in [6.07, 6.45) is 0. The maximum absolute atomic E-state index is 0. The predicted octanol–water partition coefficient (Wildman–Crippen LogP) is -4.53. The van der Waals surface area contributed by atoms with Crippen molar-refractivity contribution in [2.75, 3.05) is 0 Å². The first kappa shape index (κ1) is 375. The zero-order valence-electron chi connectivity index (χ0n) is 3.71. The molecule has 6 nitrogen and oxygen atoms in total. The van der Waals surface area contributed by atoms with Crippen LogP contribution in [-0.2, 0) is 0 Å². The van der Waals surface area contributed by atoms with Gasteiger partial charge in [-0.05, 0) is 0 Å². The van der Waals surface area contributed by atoms with Crippen LogP contribution in [0.5, 0.6) is 0 Å². The molecule has 0 atom stereocenters. The summed E-state index contributed by atoms with van der Waals surface area (Å²) in [5.74, 6) is 0. The van der Waals surface area contributed by atoms with E-state index in [0.29, 0.717) is 0 Å². The average Bonchev–Trinajstić information content (AvgIpc) is 0. The van der Waals surface area contributed by atoms with Crippen LogP contribution >= 0.6 is 12.4 Å². The number of halogens is 1. The molecule has 0 heterocycles. The van der Waals surface area contributed by atoms with Crippen LogP contribution in [0, 0.1) is 37.7 Å². The summed E-state index contributed by atoms with van der Waals surface area (Å²) in [6, 6.07) is 0. The van der Waals surface area contributed by atoms with Gasteiger partial charge in [0, 0.05) is 37.7 Å². The standard InChI is InChI=1S/ClH.Ho.6H2O/h1H;;6*1H2. The van der Waals surface area contributed by atoms with E-state index in [-0.39, 0.29) is 83.0 Å². The fourth-order valence-corrected chi connectivity index (χ4v) is 0. The van der Waals surface area contributed by atoms with Gasteiger partial charge < -0.3 is 32.9 Å². The van der Waals surface area contributed by atoms with Crippen molar-refractivity contribution in [2.45, 2.75) is 0 Å². The largest absolute Gasteiger partial charge is 0.412 e. The average molecular weight is 309 g/mol. The Kier molecular flexibility index (Phi) is 12100. The summed E-state index contributed by atoms with van der Waals surface area (Å²) >= 11 is 0. The van der Waals surface area contributed by atoms with Gasteiger partial charge in [0.15, 0.2) is 0 Å². The summed E-state index contributed by atoms with van der Waals surface area (Å²) in [5, 5.41) is 0. The minimum absolute atomic E-state index is 0. The third kappa shape index (κ3) is 170. The van der Waals surface area contributed by atoms with Gasteiger partial charge in [-0.3, -0.25) is 0 Å². The first-order chi connectivity index (χ1) is 0. The van der Waals surface area contributed by atoms with Crippen LogP contribution < -0.4 is 0 Å². The fourth-order valence-electron chi connectivity index (χ4n) is 0. The molecule has 0 fully saturated rings. The Balaban J connectivity index is 0. The van der Waals surface area contributed by atoms with Gasteiger partial charge in [0.05, 0.1) is 0 Å². The van der Waals surface area contributed by atoms with Gasteiger partial charge in [-0.1, -0.05) is 0 Å². The quantitative estimate of drug-likeness (QED) is 0.390. The van der Waals surface area contributed by atoms with Crippen LogP contribution in [0.15, 0.2) is 0 Å². The van der Waals surface area contributed by atoms with Crippen molar-refractivity contribution in [3.8, 4) is 0 Å². The molecule has 0 saturated heterocycles. The van der Waals surface area contributed by atoms with Crippen molar-refractivity contribution >= 4 is 12.4 Å². The van der Waals surface area contributed by atoms with Gasteiger partial charge in [0.2, 0.25) is 0 Å². The second-order valence-electron chi connectivity index (χ2n) is 0. The van der Waals surface area contributed by atoms with E-state index in [1.165, 1.54) is 0 Å². The molecule has 1 radical (unpaired) electrons. The second kappa shape index (κ2) is 259. The smallest absolute Gasteiger partial charge is 0 e. The van der Waals surface area contributed by atoms with Crippen LogP contribution in [-0.4, -0.2) is 32.9 Å². The fraction of sp³-hybridized carbons (Fsp3) is 0. The maximum atomic E-state index is 0. The molecule has 8 heavy (non-hydrogen) atoms. The van der Waals surface area contributed by atoms with E-state index >= 15 is 0 Å². The first-order valence-corrected chi connectivity index (χ1v) is 0. The van der Waals surface area contributed by atoms with E-state index in [0.717, 1.165) is 0 Å². The third-order valence-corrected chi connectivity index (χ3v) is 0. The van der Waals surface area contributed by atoms with E-state index < -0.39 is 0 Å². The Bertz CT molecular complexity index is 8.49. The molecule has 0 spiro atoms. The summed E-state index contributed by atoms with van der Waals surface area (Å²) in [7, 11) is 0. The van der Waals surface area contributed by atoms with Gasteiger partial charge >= 0.3 is 0 Å². The summed E-state index contributed by atoms with van der Waals surface area (Å²) in [4.78, 5) is 0. The van der Waals surface area contributed by atoms with Crippen molar-refractivity contribution in [2.24, 2.45) is 0 Å². The normalized spacial score (nSPS) is 0. The predicted molar refractivity (Wildman–Crippen MR) is 28.9 cm³/mol. The van der Waals surface area contributed by atoms with Crippen LogP contribution in [0.3, 0.4) is 0 Å². The molecule has 0 unspecified atom stereocenters. The molecule has 12 N–H and O–H groups in total. The minimum Gasteiger partial charge on any atom is -0.412 e. The van der Waals surface area contributed by atoms with Gasteiger partial charge in [-0.25, -0.2) is 0 Å². The molecule has 0 aliphatic carbocycles. The van der Waals surface area contributed by atoms with Gasteiger partial charge in [0.1, 0.15) is 0 Å². The van der Waals surface area contributed by atoms with Crippen LogP contribution in [0.1, 0.15) is 0 Å². The molecule has 8 heteroatoms. The monoisotopic (exact) mass is 309 g/mol. The number of hydrogen-bond donors (Lipinski definition) is 0. The summed E-state index contributed by atoms with van der Waals surface area (Å²) in [5.41, 5.74) is 0. The van der Waals surface area contributed by atoms with E-state index in [1.807, 2.05) is 0 Å². The zero-order chi connectivity index (χ0) is 0. The van der Waals surface area contributed by atoms with Gasteiger partial charge in [-0.15, -0.1) is 12.4 Å². The Labute approximate surface area is 82.5 Å². The van der Waals surface area contributed by atoms with E-state index in [4.69, 9.17) is 0 Å². The molecule has 0 aliphatic heterocycles. The van der Waals surface area contributed by atoms with E-state index in [1.54, 1.807) is 0 Å². The molecule has 0 bridgehead atoms. The topological polar surface area (TPSA) is 189 Å². The van der Waals surface area contributed by atoms with Crippen LogP contribution in [0.4, 0.5) is 0 Å². The summed E-state index contributed by atoms with van der Waals surface area (Å²) in [6.45, 7) is 0. The molecule has 0 aliphatic rings. The first-order valence-electron chi connectivity index (χ1n) is 0. The van der Waals surface area contributed by atoms with Gasteiger partial charge in [-0.2, -0.15) is 0 Å². The van der Waals surface area contributed by atoms with Crippen LogP contribution in [0.25, 0.3) is 0 Å². The third-order valence-electron chi connectivity index (χ3n) is 0. The molecule has 0 aromatic carbocycles. The molecule has 0 amide bonds. The van der Waals surface area contributed by atoms with Gasteiger partial charge in [0.25, 0.3) is 0 Å². The Hall–Kier alpha value is 1.31. The number of hydrogen-bond acceptors (Lipinski definition) is 0. The number of rotatable bonds is 0. The molecule has 0 aromatic rings. The van der Waals surface area contributed by atoms with E-state index in [9.17, 15) is 0 Å². The Morgan fingerprint density at radius 2 is 0.375 bits per heavy atom. The van der Waals surface area contributed by atoms with Crippen molar-refractivity contribution in [3.05, 3.63) is 0 Å². The molecule has 0 aromatic heterocycles. The van der Waals surface area contributed by atoms with Crippen molar-refractivity contribution < 1.29 is 70.6 Å². The molecular weight excluding hydrogens is 296 g/mol. The minimum atomic E-state index is 0. The maximum Gasteiger partial charge on any atom is 0 e. The van der Waals surface area contributed by atoms with Crippen molar-refractivity contribution in [1.29, 1.82) is 0 Å². The SMILES string of the molecule is Cl.O.O.O.O.O.O.[Ho]. The second-order valence-corrected chi connectivity index (χ2v) is 0. The zero-order valence-corrected chi connectivity index (χ0v) is 6.46. The Morgan fingerprint density at radius 3 is 0.375 bits per heavy atom. The molecule has 0 rings (SSSR count). The molecular formula is H13ClHoO6. The van der Waals surface area contributed by atoms with Crippen molar-refractivity contribution in [1.82, 2.24) is 0 Å². The van der Waals surface area contributed by atoms with Crippen LogP contribution in [0.2, 0.25) is 0 Å².